The number of rotatable bonds is 3. The summed E-state index contributed by atoms with van der Waals surface area (Å²) >= 11 is 0. The zero-order chi connectivity index (χ0) is 13.8. The highest BCUT2D eigenvalue weighted by Crippen LogP contribution is 2.21. The molecule has 1 aromatic carbocycles. The van der Waals surface area contributed by atoms with Gasteiger partial charge in [-0.15, -0.1) is 0 Å². The van der Waals surface area contributed by atoms with Crippen LogP contribution in [0.3, 0.4) is 0 Å². The van der Waals surface area contributed by atoms with Crippen LogP contribution in [-0.2, 0) is 4.79 Å². The summed E-state index contributed by atoms with van der Waals surface area (Å²) in [6.07, 6.45) is 1.96. The number of benzene rings is 1. The first kappa shape index (κ1) is 14.0. The Morgan fingerprint density at radius 1 is 1.53 bits per heavy atom. The SMILES string of the molecule is CCN(C(=O)C1CC(C)CCN1)c1cccc(F)c1. The van der Waals surface area contributed by atoms with Gasteiger partial charge in [-0.25, -0.2) is 4.39 Å². The Bertz CT molecular complexity index is 450. The summed E-state index contributed by atoms with van der Waals surface area (Å²) in [6.45, 7) is 5.50. The number of piperidine rings is 1. The smallest absolute Gasteiger partial charge is 0.244 e. The lowest BCUT2D eigenvalue weighted by Crippen LogP contribution is -2.50. The highest BCUT2D eigenvalue weighted by Gasteiger charge is 2.28. The molecule has 4 heteroatoms. The summed E-state index contributed by atoms with van der Waals surface area (Å²) in [6, 6.07) is 6.07. The number of nitrogens with one attached hydrogen (secondary N) is 1. The molecule has 0 bridgehead atoms. The minimum Gasteiger partial charge on any atom is -0.311 e. The molecule has 3 nitrogen and oxygen atoms in total. The van der Waals surface area contributed by atoms with Crippen molar-refractivity contribution in [2.24, 2.45) is 5.92 Å². The number of hydrogen-bond donors (Lipinski definition) is 1. The van der Waals surface area contributed by atoms with Gasteiger partial charge in [-0.3, -0.25) is 4.79 Å². The number of nitrogens with zero attached hydrogens (tertiary/aromatic N) is 1. The first-order valence-electron chi connectivity index (χ1n) is 6.92. The molecule has 1 aliphatic heterocycles. The monoisotopic (exact) mass is 264 g/mol. The molecule has 1 N–H and O–H groups in total. The highest BCUT2D eigenvalue weighted by molar-refractivity contribution is 5.97. The summed E-state index contributed by atoms with van der Waals surface area (Å²) < 4.78 is 13.3. The Balaban J connectivity index is 2.15. The summed E-state index contributed by atoms with van der Waals surface area (Å²) in [4.78, 5) is 14.2. The average Bonchev–Trinajstić information content (AvgIpc) is 2.39. The van der Waals surface area contributed by atoms with Crippen molar-refractivity contribution in [3.8, 4) is 0 Å². The Kier molecular flexibility index (Phi) is 4.53. The molecule has 1 aromatic rings. The second-order valence-corrected chi connectivity index (χ2v) is 5.20. The highest BCUT2D eigenvalue weighted by atomic mass is 19.1. The van der Waals surface area contributed by atoms with Crippen LogP contribution in [0.15, 0.2) is 24.3 Å². The van der Waals surface area contributed by atoms with Gasteiger partial charge in [0.15, 0.2) is 0 Å². The molecule has 1 saturated heterocycles. The third kappa shape index (κ3) is 3.32. The molecule has 0 aliphatic carbocycles. The van der Waals surface area contributed by atoms with Crippen LogP contribution in [0.5, 0.6) is 0 Å². The third-order valence-electron chi connectivity index (χ3n) is 3.67. The van der Waals surface area contributed by atoms with Gasteiger partial charge in [0.1, 0.15) is 5.82 Å². The van der Waals surface area contributed by atoms with Crippen molar-refractivity contribution in [2.45, 2.75) is 32.7 Å². The van der Waals surface area contributed by atoms with Crippen LogP contribution in [0.4, 0.5) is 10.1 Å². The summed E-state index contributed by atoms with van der Waals surface area (Å²) in [5.74, 6) is 0.287. The minimum atomic E-state index is -0.311. The van der Waals surface area contributed by atoms with Gasteiger partial charge in [-0.05, 0) is 50.4 Å². The lowest BCUT2D eigenvalue weighted by atomic mass is 9.93. The van der Waals surface area contributed by atoms with Gasteiger partial charge in [0.2, 0.25) is 5.91 Å². The van der Waals surface area contributed by atoms with Crippen LogP contribution in [0.2, 0.25) is 0 Å². The Hall–Kier alpha value is -1.42. The fourth-order valence-electron chi connectivity index (χ4n) is 2.59. The number of anilines is 1. The molecule has 0 radical (unpaired) electrons. The molecular formula is C15H21FN2O. The molecule has 1 aliphatic rings. The first-order valence-corrected chi connectivity index (χ1v) is 6.92. The lowest BCUT2D eigenvalue weighted by Gasteiger charge is -2.32. The largest absolute Gasteiger partial charge is 0.311 e. The minimum absolute atomic E-state index is 0.0413. The fraction of sp³-hybridized carbons (Fsp3) is 0.533. The van der Waals surface area contributed by atoms with Crippen LogP contribution in [0, 0.1) is 11.7 Å². The van der Waals surface area contributed by atoms with Gasteiger partial charge in [-0.2, -0.15) is 0 Å². The van der Waals surface area contributed by atoms with E-state index in [1.54, 1.807) is 17.0 Å². The van der Waals surface area contributed by atoms with Crippen molar-refractivity contribution in [1.29, 1.82) is 0 Å². The Morgan fingerprint density at radius 3 is 2.95 bits per heavy atom. The van der Waals surface area contributed by atoms with Crippen molar-refractivity contribution in [1.82, 2.24) is 5.32 Å². The van der Waals surface area contributed by atoms with E-state index >= 15 is 0 Å². The number of amides is 1. The van der Waals surface area contributed by atoms with E-state index in [0.29, 0.717) is 18.2 Å². The average molecular weight is 264 g/mol. The molecule has 0 aromatic heterocycles. The van der Waals surface area contributed by atoms with Crippen molar-refractivity contribution in [2.75, 3.05) is 18.0 Å². The van der Waals surface area contributed by atoms with Gasteiger partial charge < -0.3 is 10.2 Å². The van der Waals surface area contributed by atoms with E-state index in [4.69, 9.17) is 0 Å². The third-order valence-corrected chi connectivity index (χ3v) is 3.67. The zero-order valence-corrected chi connectivity index (χ0v) is 11.5. The Labute approximate surface area is 113 Å². The van der Waals surface area contributed by atoms with Crippen molar-refractivity contribution in [3.63, 3.8) is 0 Å². The normalized spacial score (nSPS) is 23.1. The maximum absolute atomic E-state index is 13.3. The van der Waals surface area contributed by atoms with Gasteiger partial charge in [-0.1, -0.05) is 13.0 Å². The van der Waals surface area contributed by atoms with E-state index in [-0.39, 0.29) is 17.8 Å². The predicted molar refractivity (Wildman–Crippen MR) is 74.6 cm³/mol. The molecular weight excluding hydrogens is 243 g/mol. The summed E-state index contributed by atoms with van der Waals surface area (Å²) in [5, 5.41) is 3.26. The number of carbonyl (C=O) groups is 1. The quantitative estimate of drug-likeness (QED) is 0.910. The number of carbonyl (C=O) groups excluding carboxylic acids is 1. The molecule has 0 spiro atoms. The molecule has 19 heavy (non-hydrogen) atoms. The van der Waals surface area contributed by atoms with Crippen molar-refractivity contribution in [3.05, 3.63) is 30.1 Å². The molecule has 1 fully saturated rings. The van der Waals surface area contributed by atoms with Crippen LogP contribution in [0.1, 0.15) is 26.7 Å². The van der Waals surface area contributed by atoms with Crippen molar-refractivity contribution >= 4 is 11.6 Å². The molecule has 1 amide bonds. The van der Waals surface area contributed by atoms with Gasteiger partial charge in [0, 0.05) is 12.2 Å². The van der Waals surface area contributed by atoms with E-state index in [9.17, 15) is 9.18 Å². The number of halogens is 1. The van der Waals surface area contributed by atoms with Crippen molar-refractivity contribution < 1.29 is 9.18 Å². The van der Waals surface area contributed by atoms with Gasteiger partial charge in [0.25, 0.3) is 0 Å². The van der Waals surface area contributed by atoms with E-state index in [1.807, 2.05) is 6.92 Å². The molecule has 1 heterocycles. The molecule has 2 unspecified atom stereocenters. The van der Waals surface area contributed by atoms with E-state index in [0.717, 1.165) is 19.4 Å². The predicted octanol–water partition coefficient (Wildman–Crippen LogP) is 2.57. The molecule has 2 rings (SSSR count). The molecule has 104 valence electrons. The van der Waals surface area contributed by atoms with E-state index in [1.165, 1.54) is 12.1 Å². The molecule has 2 atom stereocenters. The van der Waals surface area contributed by atoms with E-state index in [2.05, 4.69) is 12.2 Å². The van der Waals surface area contributed by atoms with Gasteiger partial charge in [0.05, 0.1) is 6.04 Å². The standard InChI is InChI=1S/C15H21FN2O/c1-3-18(13-6-4-5-12(16)10-13)15(19)14-9-11(2)7-8-17-14/h4-6,10-11,14,17H,3,7-9H2,1-2H3. The lowest BCUT2D eigenvalue weighted by molar-refractivity contribution is -0.121. The summed E-state index contributed by atoms with van der Waals surface area (Å²) in [5.41, 5.74) is 0.632. The first-order chi connectivity index (χ1) is 9.11. The van der Waals surface area contributed by atoms with Crippen LogP contribution >= 0.6 is 0 Å². The maximum Gasteiger partial charge on any atom is 0.244 e. The summed E-state index contributed by atoms with van der Waals surface area (Å²) in [7, 11) is 0. The maximum atomic E-state index is 13.3. The fourth-order valence-corrected chi connectivity index (χ4v) is 2.59. The van der Waals surface area contributed by atoms with Crippen LogP contribution < -0.4 is 10.2 Å². The zero-order valence-electron chi connectivity index (χ0n) is 11.5. The van der Waals surface area contributed by atoms with Crippen LogP contribution in [-0.4, -0.2) is 25.0 Å². The number of hydrogen-bond acceptors (Lipinski definition) is 2. The topological polar surface area (TPSA) is 32.3 Å². The van der Waals surface area contributed by atoms with Gasteiger partial charge >= 0.3 is 0 Å². The number of likely N-dealkylation sites (N-methyl/N-ethyl adjacent to an activating group) is 1. The second-order valence-electron chi connectivity index (χ2n) is 5.20. The second kappa shape index (κ2) is 6.15. The van der Waals surface area contributed by atoms with Crippen LogP contribution in [0.25, 0.3) is 0 Å². The Morgan fingerprint density at radius 2 is 2.32 bits per heavy atom. The van der Waals surface area contributed by atoms with E-state index < -0.39 is 0 Å². The molecule has 0 saturated carbocycles.